The second-order valence-corrected chi connectivity index (χ2v) is 8.22. The zero-order valence-electron chi connectivity index (χ0n) is 15.5. The van der Waals surface area contributed by atoms with Gasteiger partial charge >= 0.3 is 0 Å². The molecule has 0 saturated carbocycles. The lowest BCUT2D eigenvalue weighted by Gasteiger charge is -1.99. The number of thiophene rings is 1. The average molecular weight is 418 g/mol. The highest BCUT2D eigenvalue weighted by Crippen LogP contribution is 2.35. The molecule has 6 heteroatoms. The number of carbonyl (C=O) groups excluding carboxylic acids is 1. The van der Waals surface area contributed by atoms with Crippen LogP contribution in [0.25, 0.3) is 31.9 Å². The lowest BCUT2D eigenvalue weighted by Crippen LogP contribution is -2.16. The third-order valence-corrected chi connectivity index (χ3v) is 6.73. The average Bonchev–Trinajstić information content (AvgIpc) is 3.23. The molecule has 0 unspecified atom stereocenters. The number of carbonyl (C=O) groups is 1. The first-order valence-electron chi connectivity index (χ1n) is 9.11. The third kappa shape index (κ3) is 2.99. The maximum Gasteiger partial charge on any atom is 0.283 e. The SMILES string of the molecule is Cn1c2ccccc2c2cc(/C=N/NC(=O)c3sc4ccccc4c3Cl)ccc21. The van der Waals surface area contributed by atoms with Gasteiger partial charge < -0.3 is 4.57 Å². The molecule has 2 heterocycles. The van der Waals surface area contributed by atoms with Crippen LogP contribution in [0.5, 0.6) is 0 Å². The van der Waals surface area contributed by atoms with E-state index in [0.717, 1.165) is 26.6 Å². The number of fused-ring (bicyclic) bond motifs is 4. The van der Waals surface area contributed by atoms with Gasteiger partial charge in [-0.1, -0.05) is 54.1 Å². The van der Waals surface area contributed by atoms with Crippen LogP contribution in [-0.4, -0.2) is 16.7 Å². The quantitative estimate of drug-likeness (QED) is 0.285. The van der Waals surface area contributed by atoms with Crippen molar-refractivity contribution in [2.75, 3.05) is 0 Å². The van der Waals surface area contributed by atoms with E-state index in [1.807, 2.05) is 42.5 Å². The molecule has 0 aliphatic carbocycles. The minimum Gasteiger partial charge on any atom is -0.344 e. The number of para-hydroxylation sites is 1. The highest BCUT2D eigenvalue weighted by molar-refractivity contribution is 7.21. The van der Waals surface area contributed by atoms with Crippen LogP contribution < -0.4 is 5.43 Å². The van der Waals surface area contributed by atoms with Crippen molar-refractivity contribution in [3.63, 3.8) is 0 Å². The van der Waals surface area contributed by atoms with E-state index in [4.69, 9.17) is 11.6 Å². The van der Waals surface area contributed by atoms with Gasteiger partial charge in [-0.3, -0.25) is 4.79 Å². The fourth-order valence-corrected chi connectivity index (χ4v) is 5.05. The molecular formula is C23H16ClN3OS. The van der Waals surface area contributed by atoms with Crippen LogP contribution in [-0.2, 0) is 7.05 Å². The summed E-state index contributed by atoms with van der Waals surface area (Å²) in [6.07, 6.45) is 1.65. The number of aromatic nitrogens is 1. The molecule has 0 bridgehead atoms. The van der Waals surface area contributed by atoms with Crippen molar-refractivity contribution in [3.05, 3.63) is 82.2 Å². The maximum atomic E-state index is 12.5. The predicted molar refractivity (Wildman–Crippen MR) is 122 cm³/mol. The summed E-state index contributed by atoms with van der Waals surface area (Å²) in [6.45, 7) is 0. The molecule has 142 valence electrons. The number of benzene rings is 3. The van der Waals surface area contributed by atoms with Crippen molar-refractivity contribution in [1.82, 2.24) is 9.99 Å². The standard InChI is InChI=1S/C23H16ClN3OS/c1-27-18-8-4-2-6-15(18)17-12-14(10-11-19(17)27)13-25-26-23(28)22-21(24)16-7-3-5-9-20(16)29-22/h2-13H,1H3,(H,26,28)/b25-13+. The normalized spacial score (nSPS) is 11.8. The summed E-state index contributed by atoms with van der Waals surface area (Å²) < 4.78 is 3.16. The van der Waals surface area contributed by atoms with Gasteiger partial charge in [0.2, 0.25) is 0 Å². The molecule has 0 saturated heterocycles. The predicted octanol–water partition coefficient (Wildman–Crippen LogP) is 5.96. The Morgan fingerprint density at radius 3 is 2.55 bits per heavy atom. The van der Waals surface area contributed by atoms with Crippen LogP contribution in [0.4, 0.5) is 0 Å². The molecule has 0 aliphatic heterocycles. The first kappa shape index (κ1) is 17.9. The molecule has 1 N–H and O–H groups in total. The summed E-state index contributed by atoms with van der Waals surface area (Å²) >= 11 is 7.73. The zero-order valence-corrected chi connectivity index (χ0v) is 17.1. The van der Waals surface area contributed by atoms with Crippen molar-refractivity contribution >= 4 is 67.0 Å². The molecule has 0 atom stereocenters. The Hall–Kier alpha value is -3.15. The highest BCUT2D eigenvalue weighted by Gasteiger charge is 2.16. The van der Waals surface area contributed by atoms with E-state index >= 15 is 0 Å². The minimum atomic E-state index is -0.307. The summed E-state index contributed by atoms with van der Waals surface area (Å²) in [5.74, 6) is -0.307. The van der Waals surface area contributed by atoms with Gasteiger partial charge in [0.15, 0.2) is 0 Å². The van der Waals surface area contributed by atoms with Gasteiger partial charge in [-0.15, -0.1) is 11.3 Å². The van der Waals surface area contributed by atoms with E-state index in [2.05, 4.69) is 46.4 Å². The van der Waals surface area contributed by atoms with Crippen LogP contribution in [0.1, 0.15) is 15.2 Å². The Morgan fingerprint density at radius 1 is 1.00 bits per heavy atom. The van der Waals surface area contributed by atoms with Gasteiger partial charge in [-0.2, -0.15) is 5.10 Å². The molecule has 0 aliphatic rings. The number of hydrazone groups is 1. The summed E-state index contributed by atoms with van der Waals surface area (Å²) in [7, 11) is 2.06. The van der Waals surface area contributed by atoms with Crippen LogP contribution >= 0.6 is 22.9 Å². The molecular weight excluding hydrogens is 402 g/mol. The summed E-state index contributed by atoms with van der Waals surface area (Å²) in [5, 5.41) is 7.85. The fourth-order valence-electron chi connectivity index (χ4n) is 3.64. The number of aryl methyl sites for hydroxylation is 1. The number of nitrogens with one attached hydrogen (secondary N) is 1. The Balaban J connectivity index is 1.42. The molecule has 0 spiro atoms. The Kier molecular flexibility index (Phi) is 4.34. The van der Waals surface area contributed by atoms with E-state index in [1.54, 1.807) is 6.21 Å². The topological polar surface area (TPSA) is 46.4 Å². The van der Waals surface area contributed by atoms with E-state index in [0.29, 0.717) is 9.90 Å². The van der Waals surface area contributed by atoms with Crippen LogP contribution in [0, 0.1) is 0 Å². The smallest absolute Gasteiger partial charge is 0.283 e. The minimum absolute atomic E-state index is 0.307. The molecule has 0 radical (unpaired) electrons. The second-order valence-electron chi connectivity index (χ2n) is 6.79. The first-order chi connectivity index (χ1) is 14.1. The molecule has 1 amide bonds. The fraction of sp³-hybridized carbons (Fsp3) is 0.0435. The molecule has 29 heavy (non-hydrogen) atoms. The van der Waals surface area contributed by atoms with Gasteiger partial charge in [0.05, 0.1) is 11.2 Å². The third-order valence-electron chi connectivity index (χ3n) is 5.06. The summed E-state index contributed by atoms with van der Waals surface area (Å²) in [6, 6.07) is 22.1. The molecule has 5 rings (SSSR count). The van der Waals surface area contributed by atoms with Crippen molar-refractivity contribution in [2.24, 2.45) is 12.1 Å². The maximum absolute atomic E-state index is 12.5. The van der Waals surface area contributed by atoms with Gasteiger partial charge in [0.1, 0.15) is 4.88 Å². The lowest BCUT2D eigenvalue weighted by atomic mass is 10.1. The molecule has 4 nitrogen and oxygen atoms in total. The number of amides is 1. The van der Waals surface area contributed by atoms with Crippen LogP contribution in [0.15, 0.2) is 71.8 Å². The molecule has 0 fully saturated rings. The monoisotopic (exact) mass is 417 g/mol. The molecule has 3 aromatic carbocycles. The van der Waals surface area contributed by atoms with Gasteiger partial charge in [0, 0.05) is 38.9 Å². The van der Waals surface area contributed by atoms with E-state index in [1.165, 1.54) is 22.2 Å². The van der Waals surface area contributed by atoms with E-state index < -0.39 is 0 Å². The Labute approximate surface area is 176 Å². The van der Waals surface area contributed by atoms with Crippen molar-refractivity contribution < 1.29 is 4.79 Å². The van der Waals surface area contributed by atoms with Crippen molar-refractivity contribution in [2.45, 2.75) is 0 Å². The van der Waals surface area contributed by atoms with Crippen LogP contribution in [0.2, 0.25) is 5.02 Å². The lowest BCUT2D eigenvalue weighted by molar-refractivity contribution is 0.0959. The molecule has 2 aromatic heterocycles. The zero-order chi connectivity index (χ0) is 20.0. The summed E-state index contributed by atoms with van der Waals surface area (Å²) in [4.78, 5) is 13.0. The van der Waals surface area contributed by atoms with Gasteiger partial charge in [0.25, 0.3) is 5.91 Å². The number of hydrogen-bond acceptors (Lipinski definition) is 3. The number of halogens is 1. The van der Waals surface area contributed by atoms with Crippen molar-refractivity contribution in [1.29, 1.82) is 0 Å². The van der Waals surface area contributed by atoms with E-state index in [-0.39, 0.29) is 5.91 Å². The summed E-state index contributed by atoms with van der Waals surface area (Å²) in [5.41, 5.74) is 5.85. The van der Waals surface area contributed by atoms with Crippen molar-refractivity contribution in [3.8, 4) is 0 Å². The largest absolute Gasteiger partial charge is 0.344 e. The van der Waals surface area contributed by atoms with E-state index in [9.17, 15) is 4.79 Å². The second kappa shape index (κ2) is 7.03. The number of hydrogen-bond donors (Lipinski definition) is 1. The Bertz CT molecular complexity index is 1430. The van der Waals surface area contributed by atoms with Gasteiger partial charge in [-0.05, 0) is 29.8 Å². The number of nitrogens with zero attached hydrogens (tertiary/aromatic N) is 2. The van der Waals surface area contributed by atoms with Crippen LogP contribution in [0.3, 0.4) is 0 Å². The highest BCUT2D eigenvalue weighted by atomic mass is 35.5. The Morgan fingerprint density at radius 2 is 1.72 bits per heavy atom. The van der Waals surface area contributed by atoms with Gasteiger partial charge in [-0.25, -0.2) is 5.43 Å². The molecule has 5 aromatic rings. The first-order valence-corrected chi connectivity index (χ1v) is 10.3. The number of rotatable bonds is 3.